The first-order valence-electron chi connectivity index (χ1n) is 5.15. The molecule has 0 unspecified atom stereocenters. The van der Waals surface area contributed by atoms with Gasteiger partial charge in [-0.05, 0) is 46.2 Å². The molecule has 0 saturated carbocycles. The van der Waals surface area contributed by atoms with Crippen molar-refractivity contribution in [2.45, 2.75) is 32.8 Å². The Hall–Kier alpha value is -0.480. The van der Waals surface area contributed by atoms with Crippen molar-refractivity contribution in [3.63, 3.8) is 0 Å². The van der Waals surface area contributed by atoms with E-state index in [0.29, 0.717) is 12.5 Å². The predicted octanol–water partition coefficient (Wildman–Crippen LogP) is 1.54. The van der Waals surface area contributed by atoms with Crippen molar-refractivity contribution < 1.29 is 9.53 Å². The summed E-state index contributed by atoms with van der Waals surface area (Å²) < 4.78 is 5.13. The third-order valence-corrected chi connectivity index (χ3v) is 2.10. The molecule has 1 amide bonds. The topological polar surface area (TPSA) is 50.4 Å². The van der Waals surface area contributed by atoms with E-state index in [0.717, 1.165) is 19.5 Å². The lowest BCUT2D eigenvalue weighted by Crippen LogP contribution is -2.35. The molecule has 4 nitrogen and oxygen atoms in total. The summed E-state index contributed by atoms with van der Waals surface area (Å²) in [7, 11) is 0. The largest absolute Gasteiger partial charge is 0.444 e. The number of carbonyl (C=O) groups is 1. The number of hydrogen-bond donors (Lipinski definition) is 2. The molecule has 15 heavy (non-hydrogen) atoms. The number of alkyl carbamates (subject to hydrolysis) is 1. The molecule has 0 aromatic rings. The van der Waals surface area contributed by atoms with Gasteiger partial charge in [-0.25, -0.2) is 4.79 Å². The number of nitrogens with one attached hydrogen (secondary N) is 2. The zero-order chi connectivity index (χ0) is 10.6. The molecule has 1 fully saturated rings. The van der Waals surface area contributed by atoms with Crippen molar-refractivity contribution in [1.82, 2.24) is 10.6 Å². The Morgan fingerprint density at radius 3 is 2.67 bits per heavy atom. The molecule has 1 heterocycles. The predicted molar refractivity (Wildman–Crippen MR) is 62.5 cm³/mol. The summed E-state index contributed by atoms with van der Waals surface area (Å²) in [6.07, 6.45) is 0.819. The second-order valence-electron chi connectivity index (χ2n) is 4.74. The molecule has 5 heteroatoms. The Bertz CT molecular complexity index is 198. The molecular formula is C10H21ClN2O2. The Balaban J connectivity index is 0.00000196. The third kappa shape index (κ3) is 6.57. The highest BCUT2D eigenvalue weighted by Crippen LogP contribution is 2.08. The lowest BCUT2D eigenvalue weighted by molar-refractivity contribution is 0.0520. The first-order chi connectivity index (χ1) is 6.47. The minimum absolute atomic E-state index is 0. The number of rotatable bonds is 2. The second-order valence-corrected chi connectivity index (χ2v) is 4.74. The third-order valence-electron chi connectivity index (χ3n) is 2.10. The van der Waals surface area contributed by atoms with Gasteiger partial charge in [-0.15, -0.1) is 12.4 Å². The molecule has 0 aromatic heterocycles. The standard InChI is InChI=1S/C10H20N2O2.ClH/c1-10(2,3)14-9(13)12-7-8-4-5-11-6-8;/h8,11H,4-7H2,1-3H3,(H,12,13);1H/t8-;/m0./s1. The molecule has 0 aromatic carbocycles. The van der Waals surface area contributed by atoms with Gasteiger partial charge in [-0.1, -0.05) is 0 Å². The smallest absolute Gasteiger partial charge is 0.407 e. The van der Waals surface area contributed by atoms with Crippen molar-refractivity contribution in [2.24, 2.45) is 5.92 Å². The SMILES string of the molecule is CC(C)(C)OC(=O)NC[C@H]1CCNC1.Cl. The fraction of sp³-hybridized carbons (Fsp3) is 0.900. The van der Waals surface area contributed by atoms with Crippen LogP contribution in [0.5, 0.6) is 0 Å². The minimum Gasteiger partial charge on any atom is -0.444 e. The second kappa shape index (κ2) is 6.18. The summed E-state index contributed by atoms with van der Waals surface area (Å²) in [6, 6.07) is 0. The number of amides is 1. The monoisotopic (exact) mass is 236 g/mol. The van der Waals surface area contributed by atoms with E-state index >= 15 is 0 Å². The van der Waals surface area contributed by atoms with E-state index in [1.807, 2.05) is 20.8 Å². The maximum atomic E-state index is 11.3. The van der Waals surface area contributed by atoms with E-state index in [1.54, 1.807) is 0 Å². The van der Waals surface area contributed by atoms with Gasteiger partial charge in [0.15, 0.2) is 0 Å². The van der Waals surface area contributed by atoms with Crippen LogP contribution in [0.25, 0.3) is 0 Å². The molecule has 1 aliphatic rings. The maximum Gasteiger partial charge on any atom is 0.407 e. The lowest BCUT2D eigenvalue weighted by Gasteiger charge is -2.20. The Kier molecular flexibility index (Phi) is 5.98. The molecule has 1 saturated heterocycles. The summed E-state index contributed by atoms with van der Waals surface area (Å²) in [6.45, 7) is 8.36. The quantitative estimate of drug-likeness (QED) is 0.765. The van der Waals surface area contributed by atoms with Crippen LogP contribution in [-0.2, 0) is 4.74 Å². The van der Waals surface area contributed by atoms with E-state index in [4.69, 9.17) is 4.74 Å². The van der Waals surface area contributed by atoms with Crippen molar-refractivity contribution >= 4 is 18.5 Å². The Morgan fingerprint density at radius 2 is 2.20 bits per heavy atom. The number of ether oxygens (including phenoxy) is 1. The van der Waals surface area contributed by atoms with E-state index in [1.165, 1.54) is 0 Å². The van der Waals surface area contributed by atoms with Gasteiger partial charge in [0.2, 0.25) is 0 Å². The summed E-state index contributed by atoms with van der Waals surface area (Å²) in [4.78, 5) is 11.3. The average molecular weight is 237 g/mol. The van der Waals surface area contributed by atoms with Gasteiger partial charge in [0, 0.05) is 6.54 Å². The van der Waals surface area contributed by atoms with Gasteiger partial charge in [-0.2, -0.15) is 0 Å². The summed E-state index contributed by atoms with van der Waals surface area (Å²) in [5.74, 6) is 0.558. The fourth-order valence-electron chi connectivity index (χ4n) is 1.43. The van der Waals surface area contributed by atoms with Gasteiger partial charge >= 0.3 is 6.09 Å². The van der Waals surface area contributed by atoms with Crippen LogP contribution < -0.4 is 10.6 Å². The highest BCUT2D eigenvalue weighted by atomic mass is 35.5. The molecule has 1 rings (SSSR count). The normalized spacial score (nSPS) is 20.6. The van der Waals surface area contributed by atoms with E-state index in [9.17, 15) is 4.79 Å². The van der Waals surface area contributed by atoms with Gasteiger partial charge in [0.1, 0.15) is 5.60 Å². The number of hydrogen-bond acceptors (Lipinski definition) is 3. The highest BCUT2D eigenvalue weighted by Gasteiger charge is 2.18. The van der Waals surface area contributed by atoms with E-state index in [-0.39, 0.29) is 18.5 Å². The first-order valence-corrected chi connectivity index (χ1v) is 5.15. The number of halogens is 1. The van der Waals surface area contributed by atoms with Crippen molar-refractivity contribution in [3.05, 3.63) is 0 Å². The van der Waals surface area contributed by atoms with Crippen LogP contribution in [0.4, 0.5) is 4.79 Å². The zero-order valence-corrected chi connectivity index (χ0v) is 10.4. The molecule has 90 valence electrons. The van der Waals surface area contributed by atoms with Crippen LogP contribution in [-0.4, -0.2) is 31.3 Å². The summed E-state index contributed by atoms with van der Waals surface area (Å²) in [5.41, 5.74) is -0.405. The van der Waals surface area contributed by atoms with Crippen molar-refractivity contribution in [2.75, 3.05) is 19.6 Å². The van der Waals surface area contributed by atoms with E-state index < -0.39 is 5.60 Å². The average Bonchev–Trinajstić information content (AvgIpc) is 2.49. The minimum atomic E-state index is -0.405. The molecule has 0 bridgehead atoms. The first kappa shape index (κ1) is 14.5. The molecule has 1 atom stereocenters. The molecule has 2 N–H and O–H groups in total. The highest BCUT2D eigenvalue weighted by molar-refractivity contribution is 5.85. The van der Waals surface area contributed by atoms with Gasteiger partial charge in [0.05, 0.1) is 0 Å². The molecule has 0 aliphatic carbocycles. The van der Waals surface area contributed by atoms with Gasteiger partial charge < -0.3 is 15.4 Å². The molecule has 1 aliphatic heterocycles. The zero-order valence-electron chi connectivity index (χ0n) is 9.63. The van der Waals surface area contributed by atoms with Crippen LogP contribution >= 0.6 is 12.4 Å². The van der Waals surface area contributed by atoms with Crippen molar-refractivity contribution in [3.8, 4) is 0 Å². The fourth-order valence-corrected chi connectivity index (χ4v) is 1.43. The summed E-state index contributed by atoms with van der Waals surface area (Å²) >= 11 is 0. The number of carbonyl (C=O) groups excluding carboxylic acids is 1. The van der Waals surface area contributed by atoms with E-state index in [2.05, 4.69) is 10.6 Å². The lowest BCUT2D eigenvalue weighted by atomic mass is 10.1. The Labute approximate surface area is 97.5 Å². The molecular weight excluding hydrogens is 216 g/mol. The van der Waals surface area contributed by atoms with Crippen LogP contribution in [0.15, 0.2) is 0 Å². The Morgan fingerprint density at radius 1 is 1.53 bits per heavy atom. The van der Waals surface area contributed by atoms with Crippen LogP contribution in [0, 0.1) is 5.92 Å². The molecule has 0 spiro atoms. The molecule has 0 radical (unpaired) electrons. The van der Waals surface area contributed by atoms with Gasteiger partial charge in [0.25, 0.3) is 0 Å². The summed E-state index contributed by atoms with van der Waals surface area (Å²) in [5, 5.41) is 6.03. The van der Waals surface area contributed by atoms with Gasteiger partial charge in [-0.3, -0.25) is 0 Å². The van der Waals surface area contributed by atoms with Crippen LogP contribution in [0.2, 0.25) is 0 Å². The van der Waals surface area contributed by atoms with Crippen LogP contribution in [0.1, 0.15) is 27.2 Å². The van der Waals surface area contributed by atoms with Crippen LogP contribution in [0.3, 0.4) is 0 Å². The maximum absolute atomic E-state index is 11.3. The van der Waals surface area contributed by atoms with Crippen molar-refractivity contribution in [1.29, 1.82) is 0 Å².